The van der Waals surface area contributed by atoms with E-state index in [0.717, 1.165) is 17.8 Å². The molecule has 4 aliphatic carbocycles. The normalized spacial score (nSPS) is 27.1. The van der Waals surface area contributed by atoms with Crippen LogP contribution in [0.5, 0.6) is 0 Å². The molecule has 42 heavy (non-hydrogen) atoms. The van der Waals surface area contributed by atoms with Crippen molar-refractivity contribution in [3.05, 3.63) is 0 Å². The summed E-state index contributed by atoms with van der Waals surface area (Å²) in [6.07, 6.45) is 53.3. The molecule has 1 heteroatoms. The zero-order valence-corrected chi connectivity index (χ0v) is 28.7. The zero-order valence-electron chi connectivity index (χ0n) is 28.7. The summed E-state index contributed by atoms with van der Waals surface area (Å²) >= 11 is 0. The van der Waals surface area contributed by atoms with Crippen molar-refractivity contribution in [2.45, 2.75) is 243 Å². The molecule has 4 aliphatic rings. The van der Waals surface area contributed by atoms with Gasteiger partial charge in [0.1, 0.15) is 0 Å². The summed E-state index contributed by atoms with van der Waals surface area (Å²) in [6.45, 7) is 0. The van der Waals surface area contributed by atoms with Gasteiger partial charge < -0.3 is 4.74 Å². The van der Waals surface area contributed by atoms with E-state index in [1.165, 1.54) is 231 Å². The lowest BCUT2D eigenvalue weighted by Gasteiger charge is -2.54. The van der Waals surface area contributed by atoms with Gasteiger partial charge in [0.15, 0.2) is 0 Å². The fourth-order valence-electron chi connectivity index (χ4n) is 10.3. The van der Waals surface area contributed by atoms with Crippen LogP contribution in [0.15, 0.2) is 0 Å². The van der Waals surface area contributed by atoms with Crippen LogP contribution in [0.3, 0.4) is 0 Å². The fourth-order valence-corrected chi connectivity index (χ4v) is 10.3. The number of hydrogen-bond acceptors (Lipinski definition) is 1. The fraction of sp³-hybridized carbons (Fsp3) is 1.00. The molecule has 0 N–H and O–H groups in total. The van der Waals surface area contributed by atoms with Crippen LogP contribution >= 0.6 is 0 Å². The van der Waals surface area contributed by atoms with Gasteiger partial charge in [0.2, 0.25) is 0 Å². The van der Waals surface area contributed by atoms with E-state index < -0.39 is 0 Å². The largest absolute Gasteiger partial charge is 0.371 e. The first-order valence-corrected chi connectivity index (χ1v) is 20.6. The van der Waals surface area contributed by atoms with Crippen LogP contribution in [0.2, 0.25) is 0 Å². The van der Waals surface area contributed by atoms with Crippen LogP contribution in [0, 0.1) is 17.8 Å². The number of ether oxygens (including phenoxy) is 1. The maximum absolute atomic E-state index is 8.23. The average molecular weight is 585 g/mol. The predicted octanol–water partition coefficient (Wildman–Crippen LogP) is 14.1. The third-order valence-electron chi connectivity index (χ3n) is 12.7. The Balaban J connectivity index is 1.72. The highest BCUT2D eigenvalue weighted by Crippen LogP contribution is 2.52. The summed E-state index contributed by atoms with van der Waals surface area (Å²) < 4.78 is 8.23. The van der Waals surface area contributed by atoms with Crippen LogP contribution < -0.4 is 0 Å². The smallest absolute Gasteiger partial charge is 0.0770 e. The van der Waals surface area contributed by atoms with Crippen LogP contribution in [0.1, 0.15) is 231 Å². The summed E-state index contributed by atoms with van der Waals surface area (Å²) in [5, 5.41) is 0. The second-order valence-corrected chi connectivity index (χ2v) is 15.9. The maximum atomic E-state index is 8.23. The van der Waals surface area contributed by atoms with Gasteiger partial charge >= 0.3 is 0 Å². The quantitative estimate of drug-likeness (QED) is 0.312. The van der Waals surface area contributed by atoms with Crippen molar-refractivity contribution in [3.8, 4) is 0 Å². The first-order chi connectivity index (χ1) is 20.9. The molecule has 0 aromatic carbocycles. The Kier molecular flexibility index (Phi) is 18.0. The van der Waals surface area contributed by atoms with E-state index in [9.17, 15) is 0 Å². The molecule has 246 valence electrons. The van der Waals surface area contributed by atoms with Crippen LogP contribution in [0.4, 0.5) is 0 Å². The summed E-state index contributed by atoms with van der Waals surface area (Å²) in [5.41, 5.74) is 0.159. The molecule has 1 nitrogen and oxygen atoms in total. The molecule has 0 saturated heterocycles. The minimum atomic E-state index is 0.159. The maximum Gasteiger partial charge on any atom is 0.0770 e. The van der Waals surface area contributed by atoms with Crippen molar-refractivity contribution in [1.29, 1.82) is 0 Å². The Bertz CT molecular complexity index is 536. The van der Waals surface area contributed by atoms with Crippen molar-refractivity contribution in [1.82, 2.24) is 0 Å². The van der Waals surface area contributed by atoms with Crippen molar-refractivity contribution in [2.75, 3.05) is 0 Å². The van der Waals surface area contributed by atoms with Gasteiger partial charge in [0.05, 0.1) is 11.7 Å². The van der Waals surface area contributed by atoms with Gasteiger partial charge in [-0.05, 0) is 69.1 Å². The molecule has 0 aliphatic heterocycles. The van der Waals surface area contributed by atoms with Crippen LogP contribution in [0.25, 0.3) is 0 Å². The summed E-state index contributed by atoms with van der Waals surface area (Å²) in [4.78, 5) is 0. The topological polar surface area (TPSA) is 9.23 Å². The molecule has 0 radical (unpaired) electrons. The summed E-state index contributed by atoms with van der Waals surface area (Å²) in [5.74, 6) is 2.44. The third kappa shape index (κ3) is 12.0. The van der Waals surface area contributed by atoms with E-state index in [0.29, 0.717) is 6.10 Å². The average Bonchev–Trinajstić information content (AvgIpc) is 3.03. The molecule has 0 atom stereocenters. The summed E-state index contributed by atoms with van der Waals surface area (Å²) in [7, 11) is 0. The second-order valence-electron chi connectivity index (χ2n) is 15.9. The van der Waals surface area contributed by atoms with Crippen molar-refractivity contribution < 1.29 is 4.74 Å². The van der Waals surface area contributed by atoms with E-state index >= 15 is 0 Å². The van der Waals surface area contributed by atoms with Crippen molar-refractivity contribution in [2.24, 2.45) is 17.8 Å². The molecular weight excluding hydrogens is 508 g/mol. The monoisotopic (exact) mass is 585 g/mol. The molecule has 0 heterocycles. The molecular formula is C41H76O. The van der Waals surface area contributed by atoms with E-state index in [-0.39, 0.29) is 5.60 Å². The lowest BCUT2D eigenvalue weighted by atomic mass is 9.60. The van der Waals surface area contributed by atoms with Crippen molar-refractivity contribution >= 4 is 0 Å². The molecule has 4 rings (SSSR count). The number of rotatable bonds is 5. The lowest BCUT2D eigenvalue weighted by Crippen LogP contribution is -2.55. The molecule has 0 spiro atoms. The van der Waals surface area contributed by atoms with E-state index in [1.807, 2.05) is 0 Å². The second kappa shape index (κ2) is 21.7. The SMILES string of the molecule is C1CCCCC(OC(C2CCCCCCCCC2)(C2CCCCCCCCC2)C2CCCCCCCCC2)CCCC1. The molecule has 0 bridgehead atoms. The Hall–Kier alpha value is -0.0400. The molecule has 0 unspecified atom stereocenters. The van der Waals surface area contributed by atoms with E-state index in [2.05, 4.69) is 0 Å². The van der Waals surface area contributed by atoms with Gasteiger partial charge in [-0.25, -0.2) is 0 Å². The minimum absolute atomic E-state index is 0.159. The lowest BCUT2D eigenvalue weighted by molar-refractivity contribution is -0.208. The Morgan fingerprint density at radius 3 is 0.667 bits per heavy atom. The molecule has 4 saturated carbocycles. The van der Waals surface area contributed by atoms with E-state index in [4.69, 9.17) is 4.74 Å². The standard InChI is InChI=1S/C41H76O/c1-5-13-21-29-37(30-22-14-6-1)41(38-31-23-15-7-2-8-16-24-32-38,39-33-25-17-9-3-10-18-26-34-39)42-40-35-27-19-11-4-12-20-28-36-40/h37-40H,1-36H2. The Labute approximate surface area is 264 Å². The first-order valence-electron chi connectivity index (χ1n) is 20.6. The van der Waals surface area contributed by atoms with Gasteiger partial charge in [-0.3, -0.25) is 0 Å². The number of hydrogen-bond donors (Lipinski definition) is 0. The highest BCUT2D eigenvalue weighted by Gasteiger charge is 2.51. The van der Waals surface area contributed by atoms with Crippen LogP contribution in [-0.2, 0) is 4.74 Å². The van der Waals surface area contributed by atoms with Gasteiger partial charge in [-0.15, -0.1) is 0 Å². The molecule has 0 aromatic heterocycles. The van der Waals surface area contributed by atoms with E-state index in [1.54, 1.807) is 0 Å². The van der Waals surface area contributed by atoms with Crippen LogP contribution in [-0.4, -0.2) is 11.7 Å². The molecule has 0 amide bonds. The highest BCUT2D eigenvalue weighted by atomic mass is 16.5. The third-order valence-corrected chi connectivity index (χ3v) is 12.7. The van der Waals surface area contributed by atoms with Crippen molar-refractivity contribution in [3.63, 3.8) is 0 Å². The summed E-state index contributed by atoms with van der Waals surface area (Å²) in [6, 6.07) is 0. The first kappa shape index (κ1) is 34.8. The Morgan fingerprint density at radius 1 is 0.238 bits per heavy atom. The zero-order chi connectivity index (χ0) is 29.0. The molecule has 4 fully saturated rings. The highest BCUT2D eigenvalue weighted by molar-refractivity contribution is 5.01. The Morgan fingerprint density at radius 2 is 0.429 bits per heavy atom. The molecule has 0 aromatic rings. The van der Waals surface area contributed by atoms with Gasteiger partial charge in [0.25, 0.3) is 0 Å². The van der Waals surface area contributed by atoms with Gasteiger partial charge in [-0.2, -0.15) is 0 Å². The predicted molar refractivity (Wildman–Crippen MR) is 184 cm³/mol. The minimum Gasteiger partial charge on any atom is -0.371 e. The van der Waals surface area contributed by atoms with Gasteiger partial charge in [-0.1, -0.05) is 180 Å². The van der Waals surface area contributed by atoms with Gasteiger partial charge in [0, 0.05) is 0 Å².